The van der Waals surface area contributed by atoms with Crippen LogP contribution in [0.3, 0.4) is 0 Å². The van der Waals surface area contributed by atoms with Crippen LogP contribution in [0.1, 0.15) is 0 Å². The molecule has 4 nitrogen and oxygen atoms in total. The van der Waals surface area contributed by atoms with Gasteiger partial charge in [0.2, 0.25) is 0 Å². The van der Waals surface area contributed by atoms with Crippen LogP contribution in [0.4, 0.5) is 4.39 Å². The fraction of sp³-hybridized carbons (Fsp3) is 0.182. The van der Waals surface area contributed by atoms with E-state index in [4.69, 9.17) is 10.8 Å². The maximum Gasteiger partial charge on any atom is 0.322 e. The van der Waals surface area contributed by atoms with Crippen molar-refractivity contribution in [3.05, 3.63) is 36.3 Å². The van der Waals surface area contributed by atoms with Gasteiger partial charge < -0.3 is 15.4 Å². The molecule has 0 spiro atoms. The molecule has 5 heteroatoms. The van der Waals surface area contributed by atoms with E-state index in [2.05, 4.69) is 0 Å². The van der Waals surface area contributed by atoms with Crippen molar-refractivity contribution in [1.82, 2.24) is 4.57 Å². The molecule has 0 saturated heterocycles. The number of carbonyl (C=O) groups is 1. The van der Waals surface area contributed by atoms with Crippen molar-refractivity contribution in [3.63, 3.8) is 0 Å². The largest absolute Gasteiger partial charge is 0.480 e. The number of halogens is 1. The second-order valence-electron chi connectivity index (χ2n) is 3.62. The Bertz CT molecular complexity index is 536. The van der Waals surface area contributed by atoms with Crippen LogP contribution in [-0.2, 0) is 11.3 Å². The van der Waals surface area contributed by atoms with Crippen LogP contribution in [-0.4, -0.2) is 21.7 Å². The number of benzene rings is 1. The predicted molar refractivity (Wildman–Crippen MR) is 57.5 cm³/mol. The number of hydrogen-bond donors (Lipinski definition) is 2. The predicted octanol–water partition coefficient (Wildman–Crippen LogP) is 1.19. The van der Waals surface area contributed by atoms with E-state index in [-0.39, 0.29) is 12.4 Å². The number of aliphatic carboxylic acids is 1. The van der Waals surface area contributed by atoms with Gasteiger partial charge in [-0.1, -0.05) is 0 Å². The highest BCUT2D eigenvalue weighted by Crippen LogP contribution is 2.17. The molecule has 0 fully saturated rings. The molecule has 16 heavy (non-hydrogen) atoms. The third-order valence-corrected chi connectivity index (χ3v) is 2.45. The molecule has 0 radical (unpaired) electrons. The van der Waals surface area contributed by atoms with E-state index in [9.17, 15) is 9.18 Å². The number of nitrogens with two attached hydrogens (primary N) is 1. The second kappa shape index (κ2) is 3.94. The van der Waals surface area contributed by atoms with Crippen LogP contribution in [0, 0.1) is 5.82 Å². The molecule has 0 aliphatic carbocycles. The molecule has 0 aliphatic rings. The van der Waals surface area contributed by atoms with Gasteiger partial charge in [0.05, 0.1) is 5.52 Å². The van der Waals surface area contributed by atoms with Crippen molar-refractivity contribution in [2.45, 2.75) is 12.6 Å². The zero-order chi connectivity index (χ0) is 11.7. The van der Waals surface area contributed by atoms with Gasteiger partial charge >= 0.3 is 5.97 Å². The molecule has 0 aliphatic heterocycles. The molecule has 3 N–H and O–H groups in total. The minimum Gasteiger partial charge on any atom is -0.480 e. The number of hydrogen-bond acceptors (Lipinski definition) is 2. The van der Waals surface area contributed by atoms with Gasteiger partial charge in [-0.15, -0.1) is 0 Å². The average molecular weight is 222 g/mol. The summed E-state index contributed by atoms with van der Waals surface area (Å²) in [4.78, 5) is 10.6. The van der Waals surface area contributed by atoms with E-state index in [0.717, 1.165) is 5.39 Å². The Morgan fingerprint density at radius 1 is 1.50 bits per heavy atom. The minimum atomic E-state index is -1.07. The molecular weight excluding hydrogens is 211 g/mol. The van der Waals surface area contributed by atoms with Gasteiger partial charge in [-0.3, -0.25) is 4.79 Å². The molecular formula is C11H11FN2O2. The summed E-state index contributed by atoms with van der Waals surface area (Å²) in [5, 5.41) is 9.56. The zero-order valence-electron chi connectivity index (χ0n) is 8.43. The normalized spacial score (nSPS) is 12.9. The standard InChI is InChI=1S/C11H11FN2O2/c12-8-2-1-7-3-4-14(10(7)5-8)6-9(13)11(15)16/h1-5,9H,6,13H2,(H,15,16). The summed E-state index contributed by atoms with van der Waals surface area (Å²) < 4.78 is 14.7. The highest BCUT2D eigenvalue weighted by Gasteiger charge is 2.13. The highest BCUT2D eigenvalue weighted by molar-refractivity contribution is 5.80. The molecule has 1 atom stereocenters. The van der Waals surface area contributed by atoms with E-state index >= 15 is 0 Å². The fourth-order valence-electron chi connectivity index (χ4n) is 1.61. The van der Waals surface area contributed by atoms with Crippen LogP contribution in [0.15, 0.2) is 30.5 Å². The van der Waals surface area contributed by atoms with Crippen LogP contribution >= 0.6 is 0 Å². The maximum absolute atomic E-state index is 13.0. The van der Waals surface area contributed by atoms with Gasteiger partial charge in [-0.25, -0.2) is 4.39 Å². The minimum absolute atomic E-state index is 0.127. The zero-order valence-corrected chi connectivity index (χ0v) is 8.43. The van der Waals surface area contributed by atoms with Crippen molar-refractivity contribution in [2.75, 3.05) is 0 Å². The maximum atomic E-state index is 13.0. The van der Waals surface area contributed by atoms with Crippen molar-refractivity contribution in [3.8, 4) is 0 Å². The van der Waals surface area contributed by atoms with E-state index in [1.54, 1.807) is 22.9 Å². The first-order chi connectivity index (χ1) is 7.58. The quantitative estimate of drug-likeness (QED) is 0.819. The molecule has 0 amide bonds. The number of carboxylic acid groups (broad SMARTS) is 1. The molecule has 2 rings (SSSR count). The number of nitrogens with zero attached hydrogens (tertiary/aromatic N) is 1. The first kappa shape index (κ1) is 10.6. The van der Waals surface area contributed by atoms with Gasteiger partial charge in [-0.2, -0.15) is 0 Å². The van der Waals surface area contributed by atoms with Crippen molar-refractivity contribution >= 4 is 16.9 Å². The third-order valence-electron chi connectivity index (χ3n) is 2.45. The van der Waals surface area contributed by atoms with Crippen LogP contribution in [0.25, 0.3) is 10.9 Å². The lowest BCUT2D eigenvalue weighted by Gasteiger charge is -2.09. The van der Waals surface area contributed by atoms with Gasteiger partial charge in [0.25, 0.3) is 0 Å². The molecule has 1 aromatic heterocycles. The molecule has 1 aromatic carbocycles. The van der Waals surface area contributed by atoms with Gasteiger partial charge in [0, 0.05) is 12.7 Å². The third kappa shape index (κ3) is 1.90. The van der Waals surface area contributed by atoms with E-state index < -0.39 is 12.0 Å². The summed E-state index contributed by atoms with van der Waals surface area (Å²) in [7, 11) is 0. The lowest BCUT2D eigenvalue weighted by molar-refractivity contribution is -0.138. The van der Waals surface area contributed by atoms with E-state index in [0.29, 0.717) is 5.52 Å². The summed E-state index contributed by atoms with van der Waals surface area (Å²) in [6.45, 7) is 0.127. The van der Waals surface area contributed by atoms with E-state index in [1.165, 1.54) is 12.1 Å². The Morgan fingerprint density at radius 3 is 2.94 bits per heavy atom. The summed E-state index contributed by atoms with van der Waals surface area (Å²) in [5.41, 5.74) is 6.07. The molecule has 84 valence electrons. The van der Waals surface area contributed by atoms with Crippen LogP contribution in [0.5, 0.6) is 0 Å². The topological polar surface area (TPSA) is 68.2 Å². The molecule has 0 bridgehead atoms. The summed E-state index contributed by atoms with van der Waals surface area (Å²) >= 11 is 0. The Hall–Kier alpha value is -1.88. The molecule has 1 unspecified atom stereocenters. The Labute approximate surface area is 91.1 Å². The van der Waals surface area contributed by atoms with Gasteiger partial charge in [0.15, 0.2) is 0 Å². The lowest BCUT2D eigenvalue weighted by atomic mass is 10.2. The fourth-order valence-corrected chi connectivity index (χ4v) is 1.61. The average Bonchev–Trinajstić information content (AvgIpc) is 2.61. The number of aromatic nitrogens is 1. The smallest absolute Gasteiger partial charge is 0.322 e. The highest BCUT2D eigenvalue weighted by atomic mass is 19.1. The van der Waals surface area contributed by atoms with Crippen molar-refractivity contribution < 1.29 is 14.3 Å². The SMILES string of the molecule is NC(Cn1ccc2ccc(F)cc21)C(=O)O. The first-order valence-corrected chi connectivity index (χ1v) is 4.81. The van der Waals surface area contributed by atoms with E-state index in [1.807, 2.05) is 0 Å². The van der Waals surface area contributed by atoms with Crippen molar-refractivity contribution in [1.29, 1.82) is 0 Å². The van der Waals surface area contributed by atoms with Crippen molar-refractivity contribution in [2.24, 2.45) is 5.73 Å². The van der Waals surface area contributed by atoms with Crippen LogP contribution < -0.4 is 5.73 Å². The molecule has 0 saturated carbocycles. The molecule has 2 aromatic rings. The first-order valence-electron chi connectivity index (χ1n) is 4.81. The number of rotatable bonds is 3. The second-order valence-corrected chi connectivity index (χ2v) is 3.62. The monoisotopic (exact) mass is 222 g/mol. The van der Waals surface area contributed by atoms with Crippen LogP contribution in [0.2, 0.25) is 0 Å². The Balaban J connectivity index is 2.37. The summed E-state index contributed by atoms with van der Waals surface area (Å²) in [6.07, 6.45) is 1.70. The Morgan fingerprint density at radius 2 is 2.25 bits per heavy atom. The Kier molecular flexibility index (Phi) is 2.62. The number of fused-ring (bicyclic) bond motifs is 1. The summed E-state index contributed by atoms with van der Waals surface area (Å²) in [6, 6.07) is 5.18. The molecule has 1 heterocycles. The van der Waals surface area contributed by atoms with Gasteiger partial charge in [0.1, 0.15) is 11.9 Å². The summed E-state index contributed by atoms with van der Waals surface area (Å²) in [5.74, 6) is -1.42. The van der Waals surface area contributed by atoms with Gasteiger partial charge in [-0.05, 0) is 29.7 Å². The lowest BCUT2D eigenvalue weighted by Crippen LogP contribution is -2.34. The number of carboxylic acids is 1.